The van der Waals surface area contributed by atoms with Gasteiger partial charge in [-0.25, -0.2) is 4.98 Å². The van der Waals surface area contributed by atoms with Gasteiger partial charge in [0.1, 0.15) is 12.1 Å². The van der Waals surface area contributed by atoms with Gasteiger partial charge in [-0.1, -0.05) is 67.4 Å². The zero-order valence-corrected chi connectivity index (χ0v) is 21.3. The third kappa shape index (κ3) is 6.27. The van der Waals surface area contributed by atoms with Gasteiger partial charge in [0.25, 0.3) is 5.91 Å². The molecule has 1 saturated carbocycles. The quantitative estimate of drug-likeness (QED) is 0.267. The molecule has 1 fully saturated rings. The van der Waals surface area contributed by atoms with E-state index in [1.807, 2.05) is 30.3 Å². The number of hydrogen-bond acceptors (Lipinski definition) is 6. The Labute approximate surface area is 221 Å². The SMILES string of the molecule is O=C(NC1CCCCC1)c1coc(CSc2nnc(Cc3ccccc3)n2-c2cccc(C(F)(F)F)c2)n1. The van der Waals surface area contributed by atoms with Crippen molar-refractivity contribution in [1.29, 1.82) is 0 Å². The molecule has 4 aromatic rings. The van der Waals surface area contributed by atoms with Crippen LogP contribution in [0, 0.1) is 0 Å². The second kappa shape index (κ2) is 11.4. The number of hydrogen-bond donors (Lipinski definition) is 1. The van der Waals surface area contributed by atoms with E-state index in [1.165, 1.54) is 30.5 Å². The fourth-order valence-electron chi connectivity index (χ4n) is 4.48. The summed E-state index contributed by atoms with van der Waals surface area (Å²) in [7, 11) is 0. The molecule has 0 atom stereocenters. The van der Waals surface area contributed by atoms with E-state index in [1.54, 1.807) is 10.6 Å². The van der Waals surface area contributed by atoms with Gasteiger partial charge in [-0.3, -0.25) is 9.36 Å². The van der Waals surface area contributed by atoms with Crippen LogP contribution < -0.4 is 5.32 Å². The number of rotatable bonds is 8. The Kier molecular flexibility index (Phi) is 7.82. The van der Waals surface area contributed by atoms with E-state index in [9.17, 15) is 18.0 Å². The second-order valence-corrected chi connectivity index (χ2v) is 10.1. The number of benzene rings is 2. The van der Waals surface area contributed by atoms with Crippen molar-refractivity contribution < 1.29 is 22.4 Å². The highest BCUT2D eigenvalue weighted by Crippen LogP contribution is 2.32. The molecule has 1 N–H and O–H groups in total. The van der Waals surface area contributed by atoms with Crippen LogP contribution in [0.4, 0.5) is 13.2 Å². The lowest BCUT2D eigenvalue weighted by atomic mass is 9.95. The number of halogens is 3. The van der Waals surface area contributed by atoms with Crippen LogP contribution in [0.3, 0.4) is 0 Å². The van der Waals surface area contributed by atoms with Crippen molar-refractivity contribution in [1.82, 2.24) is 25.1 Å². The first-order chi connectivity index (χ1) is 18.4. The van der Waals surface area contributed by atoms with E-state index >= 15 is 0 Å². The van der Waals surface area contributed by atoms with Crippen molar-refractivity contribution in [3.63, 3.8) is 0 Å². The van der Waals surface area contributed by atoms with E-state index in [4.69, 9.17) is 4.42 Å². The number of nitrogens with zero attached hydrogens (tertiary/aromatic N) is 4. The highest BCUT2D eigenvalue weighted by molar-refractivity contribution is 7.98. The molecule has 7 nitrogen and oxygen atoms in total. The highest BCUT2D eigenvalue weighted by Gasteiger charge is 2.31. The molecular weight excluding hydrogens is 515 g/mol. The number of nitrogens with one attached hydrogen (secondary N) is 1. The van der Waals surface area contributed by atoms with Crippen LogP contribution in [0.5, 0.6) is 0 Å². The number of aromatic nitrogens is 4. The molecule has 2 heterocycles. The minimum absolute atomic E-state index is 0.153. The van der Waals surface area contributed by atoms with Gasteiger partial charge in [0.15, 0.2) is 10.9 Å². The van der Waals surface area contributed by atoms with Crippen LogP contribution in [-0.2, 0) is 18.3 Å². The smallest absolute Gasteiger partial charge is 0.416 e. The summed E-state index contributed by atoms with van der Waals surface area (Å²) in [6.45, 7) is 0. The predicted molar refractivity (Wildman–Crippen MR) is 136 cm³/mol. The maximum atomic E-state index is 13.4. The van der Waals surface area contributed by atoms with Crippen LogP contribution in [0.15, 0.2) is 70.4 Å². The monoisotopic (exact) mass is 541 g/mol. The summed E-state index contributed by atoms with van der Waals surface area (Å²) in [5, 5.41) is 11.9. The summed E-state index contributed by atoms with van der Waals surface area (Å²) >= 11 is 1.22. The van der Waals surface area contributed by atoms with Crippen molar-refractivity contribution in [3.8, 4) is 5.69 Å². The molecular formula is C27H26F3N5O2S. The standard InChI is InChI=1S/C27H26F3N5O2S/c28-27(29,30)19-10-7-13-21(15-19)35-23(14-18-8-3-1-4-9-18)33-34-26(35)38-17-24-32-22(16-37-24)25(36)31-20-11-5-2-6-12-20/h1,3-4,7-10,13,15-16,20H,2,5-6,11-12,14,17H2,(H,31,36). The highest BCUT2D eigenvalue weighted by atomic mass is 32.2. The predicted octanol–water partition coefficient (Wildman–Crippen LogP) is 6.22. The molecule has 11 heteroatoms. The molecule has 38 heavy (non-hydrogen) atoms. The Bertz CT molecular complexity index is 1380. The van der Waals surface area contributed by atoms with Crippen molar-refractivity contribution in [3.05, 3.63) is 89.4 Å². The summed E-state index contributed by atoms with van der Waals surface area (Å²) in [6.07, 6.45) is 2.54. The summed E-state index contributed by atoms with van der Waals surface area (Å²) in [4.78, 5) is 16.9. The normalized spacial score (nSPS) is 14.5. The number of amides is 1. The van der Waals surface area contributed by atoms with Crippen LogP contribution in [0.1, 0.15) is 65.4 Å². The number of alkyl halides is 3. The summed E-state index contributed by atoms with van der Waals surface area (Å²) in [6, 6.07) is 14.7. The molecule has 2 aromatic heterocycles. The Balaban J connectivity index is 1.36. The summed E-state index contributed by atoms with van der Waals surface area (Å²) in [5.41, 5.74) is 0.700. The number of thioether (sulfide) groups is 1. The lowest BCUT2D eigenvalue weighted by molar-refractivity contribution is -0.137. The number of oxazole rings is 1. The van der Waals surface area contributed by atoms with Crippen molar-refractivity contribution in [2.75, 3.05) is 0 Å². The van der Waals surface area contributed by atoms with Crippen molar-refractivity contribution in [2.45, 2.75) is 61.7 Å². The second-order valence-electron chi connectivity index (χ2n) is 9.17. The molecule has 0 saturated heterocycles. The van der Waals surface area contributed by atoms with Gasteiger partial charge < -0.3 is 9.73 Å². The minimum Gasteiger partial charge on any atom is -0.447 e. The van der Waals surface area contributed by atoms with Gasteiger partial charge in [-0.2, -0.15) is 13.2 Å². The summed E-state index contributed by atoms with van der Waals surface area (Å²) in [5.74, 6) is 0.762. The molecule has 0 bridgehead atoms. The van der Waals surface area contributed by atoms with Gasteiger partial charge in [-0.15, -0.1) is 10.2 Å². The fraction of sp³-hybridized carbons (Fsp3) is 0.333. The third-order valence-electron chi connectivity index (χ3n) is 6.39. The van der Waals surface area contributed by atoms with Gasteiger partial charge in [0, 0.05) is 12.5 Å². The number of carbonyl (C=O) groups excluding carboxylic acids is 1. The maximum Gasteiger partial charge on any atom is 0.416 e. The average Bonchev–Trinajstić information content (AvgIpc) is 3.55. The molecule has 1 amide bonds. The molecule has 1 aliphatic carbocycles. The van der Waals surface area contributed by atoms with Gasteiger partial charge in [0.05, 0.1) is 17.0 Å². The van der Waals surface area contributed by atoms with Crippen molar-refractivity contribution >= 4 is 17.7 Å². The lowest BCUT2D eigenvalue weighted by Gasteiger charge is -2.22. The molecule has 0 radical (unpaired) electrons. The van der Waals surface area contributed by atoms with Crippen molar-refractivity contribution in [2.24, 2.45) is 0 Å². The first-order valence-corrected chi connectivity index (χ1v) is 13.4. The molecule has 5 rings (SSSR count). The van der Waals surface area contributed by atoms with Crippen LogP contribution in [0.2, 0.25) is 0 Å². The topological polar surface area (TPSA) is 85.8 Å². The van der Waals surface area contributed by atoms with Gasteiger partial charge in [0.2, 0.25) is 5.89 Å². The molecule has 2 aromatic carbocycles. The molecule has 198 valence electrons. The first-order valence-electron chi connectivity index (χ1n) is 12.4. The van der Waals surface area contributed by atoms with Crippen LogP contribution in [-0.4, -0.2) is 31.7 Å². The Morgan fingerprint density at radius 2 is 1.84 bits per heavy atom. The first kappa shape index (κ1) is 26.0. The third-order valence-corrected chi connectivity index (χ3v) is 7.30. The number of carbonyl (C=O) groups is 1. The molecule has 0 aliphatic heterocycles. The Hall–Kier alpha value is -3.60. The zero-order valence-electron chi connectivity index (χ0n) is 20.4. The van der Waals surface area contributed by atoms with E-state index in [0.29, 0.717) is 29.0 Å². The van der Waals surface area contributed by atoms with E-state index in [-0.39, 0.29) is 23.4 Å². The molecule has 0 unspecified atom stereocenters. The maximum absolute atomic E-state index is 13.4. The van der Waals surface area contributed by atoms with E-state index in [2.05, 4.69) is 20.5 Å². The average molecular weight is 542 g/mol. The Morgan fingerprint density at radius 1 is 1.05 bits per heavy atom. The van der Waals surface area contributed by atoms with E-state index < -0.39 is 11.7 Å². The Morgan fingerprint density at radius 3 is 2.61 bits per heavy atom. The fourth-order valence-corrected chi connectivity index (χ4v) is 5.31. The minimum atomic E-state index is -4.48. The lowest BCUT2D eigenvalue weighted by Crippen LogP contribution is -2.36. The van der Waals surface area contributed by atoms with Crippen LogP contribution in [0.25, 0.3) is 5.69 Å². The zero-order chi connectivity index (χ0) is 26.5. The largest absolute Gasteiger partial charge is 0.447 e. The molecule has 0 spiro atoms. The van der Waals surface area contributed by atoms with Gasteiger partial charge in [-0.05, 0) is 36.6 Å². The summed E-state index contributed by atoms with van der Waals surface area (Å²) < 4.78 is 47.5. The van der Waals surface area contributed by atoms with Crippen LogP contribution >= 0.6 is 11.8 Å². The van der Waals surface area contributed by atoms with Gasteiger partial charge >= 0.3 is 6.18 Å². The van der Waals surface area contributed by atoms with E-state index in [0.717, 1.165) is 43.4 Å². The molecule has 1 aliphatic rings.